The highest BCUT2D eigenvalue weighted by Gasteiger charge is 2.03. The monoisotopic (exact) mass is 223 g/mol. The van der Waals surface area contributed by atoms with Gasteiger partial charge in [-0.2, -0.15) is 0 Å². The van der Waals surface area contributed by atoms with Crippen LogP contribution in [0.15, 0.2) is 22.9 Å². The third-order valence-electron chi connectivity index (χ3n) is 1.29. The fourth-order valence-electron chi connectivity index (χ4n) is 0.759. The fraction of sp³-hybridized carbons (Fsp3) is 0.111. The molecule has 0 aliphatic rings. The molecule has 1 aromatic heterocycles. The van der Waals surface area contributed by atoms with E-state index in [0.29, 0.717) is 5.56 Å². The molecule has 12 heavy (non-hydrogen) atoms. The molecule has 60 valence electrons. The highest BCUT2D eigenvalue weighted by molar-refractivity contribution is 9.10. The molecule has 0 spiro atoms. The quantitative estimate of drug-likeness (QED) is 0.568. The fourth-order valence-corrected chi connectivity index (χ4v) is 1.12. The summed E-state index contributed by atoms with van der Waals surface area (Å²) in [6.07, 6.45) is 8.25. The molecule has 2 nitrogen and oxygen atoms in total. The van der Waals surface area contributed by atoms with E-state index >= 15 is 0 Å². The van der Waals surface area contributed by atoms with E-state index in [1.165, 1.54) is 6.20 Å². The predicted octanol–water partition coefficient (Wildman–Crippen LogP) is 2.05. The lowest BCUT2D eigenvalue weighted by Gasteiger charge is -1.95. The number of nitrogens with zero attached hydrogens (tertiary/aromatic N) is 1. The SMILES string of the molecule is C#CCC(=O)c1cncc(Br)c1. The number of pyridine rings is 1. The molecule has 0 fully saturated rings. The van der Waals surface area contributed by atoms with E-state index in [0.717, 1.165) is 4.47 Å². The molecule has 0 atom stereocenters. The molecule has 0 N–H and O–H groups in total. The van der Waals surface area contributed by atoms with Crippen molar-refractivity contribution in [2.45, 2.75) is 6.42 Å². The number of Topliss-reactive ketones (excluding diaryl/α,β-unsaturated/α-hetero) is 1. The first-order valence-electron chi connectivity index (χ1n) is 3.31. The van der Waals surface area contributed by atoms with Crippen molar-refractivity contribution in [3.05, 3.63) is 28.5 Å². The van der Waals surface area contributed by atoms with Crippen LogP contribution in [0.4, 0.5) is 0 Å². The van der Waals surface area contributed by atoms with E-state index in [1.54, 1.807) is 12.3 Å². The van der Waals surface area contributed by atoms with Gasteiger partial charge in [0.15, 0.2) is 5.78 Å². The lowest BCUT2D eigenvalue weighted by atomic mass is 10.1. The normalized spacial score (nSPS) is 9.00. The summed E-state index contributed by atoms with van der Waals surface area (Å²) in [5.74, 6) is 2.22. The van der Waals surface area contributed by atoms with Crippen molar-refractivity contribution in [3.63, 3.8) is 0 Å². The maximum Gasteiger partial charge on any atom is 0.176 e. The summed E-state index contributed by atoms with van der Waals surface area (Å²) in [7, 11) is 0. The van der Waals surface area contributed by atoms with Gasteiger partial charge in [-0.15, -0.1) is 6.42 Å². The Hall–Kier alpha value is -1.14. The Morgan fingerprint density at radius 1 is 1.67 bits per heavy atom. The molecular weight excluding hydrogens is 218 g/mol. The zero-order valence-electron chi connectivity index (χ0n) is 6.25. The average molecular weight is 224 g/mol. The molecule has 0 unspecified atom stereocenters. The van der Waals surface area contributed by atoms with Gasteiger partial charge in [-0.25, -0.2) is 0 Å². The maximum atomic E-state index is 11.2. The zero-order chi connectivity index (χ0) is 8.97. The Morgan fingerprint density at radius 3 is 3.00 bits per heavy atom. The summed E-state index contributed by atoms with van der Waals surface area (Å²) in [6, 6.07) is 1.70. The summed E-state index contributed by atoms with van der Waals surface area (Å²) >= 11 is 3.22. The zero-order valence-corrected chi connectivity index (χ0v) is 7.84. The number of aromatic nitrogens is 1. The second-order valence-corrected chi connectivity index (χ2v) is 3.11. The van der Waals surface area contributed by atoms with Crippen LogP contribution in [0.5, 0.6) is 0 Å². The van der Waals surface area contributed by atoms with E-state index in [4.69, 9.17) is 6.42 Å². The Bertz CT molecular complexity index is 341. The summed E-state index contributed by atoms with van der Waals surface area (Å²) in [5, 5.41) is 0. The first-order valence-corrected chi connectivity index (χ1v) is 4.10. The van der Waals surface area contributed by atoms with Crippen LogP contribution in [-0.4, -0.2) is 10.8 Å². The maximum absolute atomic E-state index is 11.2. The van der Waals surface area contributed by atoms with Crippen molar-refractivity contribution in [3.8, 4) is 12.3 Å². The smallest absolute Gasteiger partial charge is 0.176 e. The molecular formula is C9H6BrNO. The Morgan fingerprint density at radius 2 is 2.42 bits per heavy atom. The van der Waals surface area contributed by atoms with Gasteiger partial charge in [0.1, 0.15) is 0 Å². The van der Waals surface area contributed by atoms with Crippen molar-refractivity contribution in [2.24, 2.45) is 0 Å². The Kier molecular flexibility index (Phi) is 3.01. The van der Waals surface area contributed by atoms with Gasteiger partial charge in [-0.3, -0.25) is 9.78 Å². The number of hydrogen-bond acceptors (Lipinski definition) is 2. The van der Waals surface area contributed by atoms with Crippen LogP contribution in [0.25, 0.3) is 0 Å². The molecule has 0 saturated heterocycles. The summed E-state index contributed by atoms with van der Waals surface area (Å²) < 4.78 is 0.783. The van der Waals surface area contributed by atoms with Gasteiger partial charge in [0.05, 0.1) is 6.42 Å². The van der Waals surface area contributed by atoms with Crippen LogP contribution in [0.1, 0.15) is 16.8 Å². The molecule has 1 rings (SSSR count). The third-order valence-corrected chi connectivity index (χ3v) is 1.72. The van der Waals surface area contributed by atoms with Gasteiger partial charge in [0.25, 0.3) is 0 Å². The highest BCUT2D eigenvalue weighted by Crippen LogP contribution is 2.10. The molecule has 3 heteroatoms. The van der Waals surface area contributed by atoms with E-state index < -0.39 is 0 Å². The standard InChI is InChI=1S/C9H6BrNO/c1-2-3-9(12)7-4-8(10)6-11-5-7/h1,4-6H,3H2. The van der Waals surface area contributed by atoms with Gasteiger partial charge in [-0.1, -0.05) is 5.92 Å². The van der Waals surface area contributed by atoms with Crippen molar-refractivity contribution in [2.75, 3.05) is 0 Å². The molecule has 0 aromatic carbocycles. The minimum absolute atomic E-state index is 0.0775. The van der Waals surface area contributed by atoms with Crippen LogP contribution in [0, 0.1) is 12.3 Å². The lowest BCUT2D eigenvalue weighted by Crippen LogP contribution is -1.97. The molecule has 1 aromatic rings. The van der Waals surface area contributed by atoms with E-state index in [1.807, 2.05) is 0 Å². The molecule has 0 aliphatic heterocycles. The number of carbonyl (C=O) groups excluding carboxylic acids is 1. The van der Waals surface area contributed by atoms with Gasteiger partial charge < -0.3 is 0 Å². The van der Waals surface area contributed by atoms with Crippen molar-refractivity contribution in [1.82, 2.24) is 4.98 Å². The number of terminal acetylenes is 1. The molecule has 0 saturated carbocycles. The minimum atomic E-state index is -0.0775. The second-order valence-electron chi connectivity index (χ2n) is 2.20. The third kappa shape index (κ3) is 2.18. The van der Waals surface area contributed by atoms with Gasteiger partial charge in [0, 0.05) is 22.4 Å². The van der Waals surface area contributed by atoms with Crippen molar-refractivity contribution >= 4 is 21.7 Å². The second kappa shape index (κ2) is 4.03. The first-order chi connectivity index (χ1) is 5.74. The Labute approximate surface area is 79.1 Å². The summed E-state index contributed by atoms with van der Waals surface area (Å²) in [4.78, 5) is 15.0. The van der Waals surface area contributed by atoms with Crippen LogP contribution >= 0.6 is 15.9 Å². The van der Waals surface area contributed by atoms with Crippen LogP contribution in [-0.2, 0) is 0 Å². The summed E-state index contributed by atoms with van der Waals surface area (Å²) in [6.45, 7) is 0. The van der Waals surface area contributed by atoms with Gasteiger partial charge in [-0.05, 0) is 22.0 Å². The molecule has 0 aliphatic carbocycles. The van der Waals surface area contributed by atoms with Gasteiger partial charge in [0.2, 0.25) is 0 Å². The van der Waals surface area contributed by atoms with Crippen molar-refractivity contribution in [1.29, 1.82) is 0 Å². The minimum Gasteiger partial charge on any atom is -0.293 e. The molecule has 0 amide bonds. The topological polar surface area (TPSA) is 30.0 Å². The number of hydrogen-bond donors (Lipinski definition) is 0. The number of ketones is 1. The van der Waals surface area contributed by atoms with Gasteiger partial charge >= 0.3 is 0 Å². The first kappa shape index (κ1) is 8.95. The largest absolute Gasteiger partial charge is 0.293 e. The van der Waals surface area contributed by atoms with Crippen LogP contribution < -0.4 is 0 Å². The van der Waals surface area contributed by atoms with E-state index in [9.17, 15) is 4.79 Å². The number of carbonyl (C=O) groups is 1. The summed E-state index contributed by atoms with van der Waals surface area (Å²) in [5.41, 5.74) is 0.544. The molecule has 0 radical (unpaired) electrons. The van der Waals surface area contributed by atoms with Crippen molar-refractivity contribution < 1.29 is 4.79 Å². The van der Waals surface area contributed by atoms with E-state index in [-0.39, 0.29) is 12.2 Å². The molecule has 0 bridgehead atoms. The lowest BCUT2D eigenvalue weighted by molar-refractivity contribution is 0.0998. The highest BCUT2D eigenvalue weighted by atomic mass is 79.9. The van der Waals surface area contributed by atoms with Crippen LogP contribution in [0.2, 0.25) is 0 Å². The Balaban J connectivity index is 2.90. The predicted molar refractivity (Wildman–Crippen MR) is 49.7 cm³/mol. The van der Waals surface area contributed by atoms with Crippen LogP contribution in [0.3, 0.4) is 0 Å². The number of halogens is 1. The average Bonchev–Trinajstić information content (AvgIpc) is 2.05. The molecule has 1 heterocycles. The number of rotatable bonds is 2. The van der Waals surface area contributed by atoms with E-state index in [2.05, 4.69) is 26.8 Å².